The van der Waals surface area contributed by atoms with Gasteiger partial charge in [0.1, 0.15) is 0 Å². The third kappa shape index (κ3) is 3.77. The molecule has 9 heteroatoms. The Morgan fingerprint density at radius 2 is 2.12 bits per heavy atom. The standard InChI is InChI=1S/C16H17Cl2N5O2/c1-21(16-13(17)8-12(23(24)25)9-14(16)18)10-11-4-3-7-22(11)15-5-2-6-19-20-15/h2,5-6,8-9,11H,3-4,7,10H2,1H3. The minimum atomic E-state index is -0.506. The van der Waals surface area contributed by atoms with Gasteiger partial charge in [-0.2, -0.15) is 5.10 Å². The van der Waals surface area contributed by atoms with Crippen molar-refractivity contribution in [1.82, 2.24) is 10.2 Å². The number of likely N-dealkylation sites (N-methyl/N-ethyl adjacent to an activating group) is 1. The van der Waals surface area contributed by atoms with E-state index in [1.54, 1.807) is 6.20 Å². The minimum absolute atomic E-state index is 0.116. The molecule has 1 atom stereocenters. The second-order valence-corrected chi connectivity index (χ2v) is 6.78. The fourth-order valence-corrected chi connectivity index (χ4v) is 3.97. The lowest BCUT2D eigenvalue weighted by Crippen LogP contribution is -2.39. The Kier molecular flexibility index (Phi) is 5.24. The highest BCUT2D eigenvalue weighted by Gasteiger charge is 2.28. The van der Waals surface area contributed by atoms with Crippen LogP contribution < -0.4 is 9.80 Å². The molecule has 1 unspecified atom stereocenters. The summed E-state index contributed by atoms with van der Waals surface area (Å²) in [5.74, 6) is 0.847. The predicted octanol–water partition coefficient (Wildman–Crippen LogP) is 3.80. The van der Waals surface area contributed by atoms with Gasteiger partial charge in [0.15, 0.2) is 5.82 Å². The van der Waals surface area contributed by atoms with Gasteiger partial charge in [0.05, 0.1) is 20.7 Å². The lowest BCUT2D eigenvalue weighted by Gasteiger charge is -2.31. The molecule has 0 amide bonds. The lowest BCUT2D eigenvalue weighted by atomic mass is 10.2. The Labute approximate surface area is 155 Å². The first-order valence-corrected chi connectivity index (χ1v) is 8.62. The first kappa shape index (κ1) is 17.7. The van der Waals surface area contributed by atoms with E-state index in [1.807, 2.05) is 24.1 Å². The molecule has 1 aliphatic rings. The summed E-state index contributed by atoms with van der Waals surface area (Å²) >= 11 is 12.5. The lowest BCUT2D eigenvalue weighted by molar-refractivity contribution is -0.384. The summed E-state index contributed by atoms with van der Waals surface area (Å²) in [6, 6.07) is 6.70. The van der Waals surface area contributed by atoms with Crippen molar-refractivity contribution in [2.24, 2.45) is 0 Å². The van der Waals surface area contributed by atoms with E-state index < -0.39 is 4.92 Å². The maximum absolute atomic E-state index is 10.9. The van der Waals surface area contributed by atoms with Gasteiger partial charge >= 0.3 is 0 Å². The third-order valence-corrected chi connectivity index (χ3v) is 4.88. The van der Waals surface area contributed by atoms with E-state index in [0.29, 0.717) is 12.2 Å². The van der Waals surface area contributed by atoms with E-state index in [0.717, 1.165) is 25.2 Å². The van der Waals surface area contributed by atoms with Crippen LogP contribution in [0, 0.1) is 10.1 Å². The number of nitro benzene ring substituents is 1. The van der Waals surface area contributed by atoms with Gasteiger partial charge in [0, 0.05) is 44.5 Å². The second kappa shape index (κ2) is 7.41. The van der Waals surface area contributed by atoms with Gasteiger partial charge in [0.2, 0.25) is 0 Å². The number of nitrogens with zero attached hydrogens (tertiary/aromatic N) is 5. The van der Waals surface area contributed by atoms with Gasteiger partial charge in [-0.3, -0.25) is 10.1 Å². The van der Waals surface area contributed by atoms with Gasteiger partial charge in [0.25, 0.3) is 5.69 Å². The van der Waals surface area contributed by atoms with Crippen LogP contribution in [0.5, 0.6) is 0 Å². The smallest absolute Gasteiger partial charge is 0.272 e. The van der Waals surface area contributed by atoms with Gasteiger partial charge in [-0.05, 0) is 25.0 Å². The molecule has 0 radical (unpaired) electrons. The molecular formula is C16H17Cl2N5O2. The summed E-state index contributed by atoms with van der Waals surface area (Å²) < 4.78 is 0. The van der Waals surface area contributed by atoms with Crippen LogP contribution in [0.15, 0.2) is 30.5 Å². The average Bonchev–Trinajstić information content (AvgIpc) is 3.03. The average molecular weight is 382 g/mol. The van der Waals surface area contributed by atoms with E-state index in [4.69, 9.17) is 23.2 Å². The normalized spacial score (nSPS) is 16.9. The molecule has 3 rings (SSSR count). The minimum Gasteiger partial charge on any atom is -0.370 e. The number of benzene rings is 1. The molecular weight excluding hydrogens is 365 g/mol. The van der Waals surface area contributed by atoms with Crippen LogP contribution in [-0.2, 0) is 0 Å². The Morgan fingerprint density at radius 1 is 1.40 bits per heavy atom. The van der Waals surface area contributed by atoms with E-state index in [1.165, 1.54) is 12.1 Å². The Morgan fingerprint density at radius 3 is 2.72 bits per heavy atom. The van der Waals surface area contributed by atoms with Crippen molar-refractivity contribution < 1.29 is 4.92 Å². The van der Waals surface area contributed by atoms with Gasteiger partial charge in [-0.15, -0.1) is 5.10 Å². The molecule has 132 valence electrons. The number of aromatic nitrogens is 2. The zero-order valence-corrected chi connectivity index (χ0v) is 15.1. The first-order chi connectivity index (χ1) is 12.0. The molecule has 1 aliphatic heterocycles. The van der Waals surface area contributed by atoms with Crippen molar-refractivity contribution in [3.8, 4) is 0 Å². The topological polar surface area (TPSA) is 75.4 Å². The number of nitro groups is 1. The number of rotatable bonds is 5. The molecule has 0 N–H and O–H groups in total. The summed E-state index contributed by atoms with van der Waals surface area (Å²) in [7, 11) is 1.88. The van der Waals surface area contributed by atoms with Crippen LogP contribution in [-0.4, -0.2) is 41.3 Å². The van der Waals surface area contributed by atoms with Crippen molar-refractivity contribution in [3.05, 3.63) is 50.6 Å². The van der Waals surface area contributed by atoms with Crippen molar-refractivity contribution in [2.45, 2.75) is 18.9 Å². The van der Waals surface area contributed by atoms with E-state index in [-0.39, 0.29) is 21.8 Å². The van der Waals surface area contributed by atoms with Crippen molar-refractivity contribution in [2.75, 3.05) is 29.9 Å². The third-order valence-electron chi connectivity index (χ3n) is 4.31. The van der Waals surface area contributed by atoms with Crippen LogP contribution in [0.4, 0.5) is 17.2 Å². The molecule has 1 saturated heterocycles. The molecule has 1 aromatic carbocycles. The van der Waals surface area contributed by atoms with Gasteiger partial charge < -0.3 is 9.80 Å². The van der Waals surface area contributed by atoms with Gasteiger partial charge in [-0.25, -0.2) is 0 Å². The monoisotopic (exact) mass is 381 g/mol. The van der Waals surface area contributed by atoms with E-state index in [2.05, 4.69) is 15.1 Å². The molecule has 0 bridgehead atoms. The molecule has 0 saturated carbocycles. The number of halogens is 2. The summed E-state index contributed by atoms with van der Waals surface area (Å²) in [6.45, 7) is 1.59. The van der Waals surface area contributed by atoms with Crippen LogP contribution >= 0.6 is 23.2 Å². The molecule has 0 spiro atoms. The van der Waals surface area contributed by atoms with Gasteiger partial charge in [-0.1, -0.05) is 23.2 Å². The Bertz CT molecular complexity index is 751. The quantitative estimate of drug-likeness (QED) is 0.579. The van der Waals surface area contributed by atoms with E-state index >= 15 is 0 Å². The van der Waals surface area contributed by atoms with Crippen LogP contribution in [0.2, 0.25) is 10.0 Å². The summed E-state index contributed by atoms with van der Waals surface area (Å²) in [6.07, 6.45) is 3.73. The fourth-order valence-electron chi connectivity index (χ4n) is 3.20. The summed E-state index contributed by atoms with van der Waals surface area (Å²) in [5, 5.41) is 19.6. The summed E-state index contributed by atoms with van der Waals surface area (Å²) in [5.41, 5.74) is 0.481. The molecule has 2 aromatic rings. The largest absolute Gasteiger partial charge is 0.370 e. The highest BCUT2D eigenvalue weighted by molar-refractivity contribution is 6.39. The number of hydrogen-bond acceptors (Lipinski definition) is 6. The van der Waals surface area contributed by atoms with Crippen LogP contribution in [0.3, 0.4) is 0 Å². The number of non-ortho nitro benzene ring substituents is 1. The zero-order chi connectivity index (χ0) is 18.0. The van der Waals surface area contributed by atoms with Crippen molar-refractivity contribution in [1.29, 1.82) is 0 Å². The summed E-state index contributed by atoms with van der Waals surface area (Å²) in [4.78, 5) is 14.6. The van der Waals surface area contributed by atoms with Crippen LogP contribution in [0.1, 0.15) is 12.8 Å². The zero-order valence-electron chi connectivity index (χ0n) is 13.6. The second-order valence-electron chi connectivity index (χ2n) is 5.97. The molecule has 0 aliphatic carbocycles. The van der Waals surface area contributed by atoms with Crippen molar-refractivity contribution >= 4 is 40.4 Å². The first-order valence-electron chi connectivity index (χ1n) is 7.86. The fraction of sp³-hybridized carbons (Fsp3) is 0.375. The highest BCUT2D eigenvalue weighted by Crippen LogP contribution is 2.37. The Hall–Kier alpha value is -2.12. The van der Waals surface area contributed by atoms with Crippen LogP contribution in [0.25, 0.3) is 0 Å². The maximum Gasteiger partial charge on any atom is 0.272 e. The molecule has 25 heavy (non-hydrogen) atoms. The Balaban J connectivity index is 1.80. The molecule has 1 aromatic heterocycles. The molecule has 1 fully saturated rings. The van der Waals surface area contributed by atoms with E-state index in [9.17, 15) is 10.1 Å². The highest BCUT2D eigenvalue weighted by atomic mass is 35.5. The number of hydrogen-bond donors (Lipinski definition) is 0. The van der Waals surface area contributed by atoms with Crippen molar-refractivity contribution in [3.63, 3.8) is 0 Å². The molecule has 2 heterocycles. The maximum atomic E-state index is 10.9. The molecule has 7 nitrogen and oxygen atoms in total. The SMILES string of the molecule is CN(CC1CCCN1c1cccnn1)c1c(Cl)cc([N+](=O)[O-])cc1Cl. The number of anilines is 2. The predicted molar refractivity (Wildman–Crippen MR) is 98.8 cm³/mol.